The number of hydrogen-bond donors (Lipinski definition) is 1. The molecule has 0 aliphatic carbocycles. The van der Waals surface area contributed by atoms with E-state index in [0.29, 0.717) is 17.3 Å². The van der Waals surface area contributed by atoms with Crippen LogP contribution in [0.2, 0.25) is 5.02 Å². The Morgan fingerprint density at radius 1 is 1.05 bits per heavy atom. The monoisotopic (exact) mass is 649 g/mol. The van der Waals surface area contributed by atoms with E-state index in [-0.39, 0.29) is 23.0 Å². The summed E-state index contributed by atoms with van der Waals surface area (Å²) in [5, 5.41) is 3.19. The number of sulfonamides is 1. The molecule has 2 amide bonds. The van der Waals surface area contributed by atoms with Gasteiger partial charge in [-0.15, -0.1) is 0 Å². The highest BCUT2D eigenvalue weighted by Crippen LogP contribution is 2.28. The smallest absolute Gasteiger partial charge is 0.264 e. The van der Waals surface area contributed by atoms with E-state index >= 15 is 0 Å². The molecule has 1 atom stereocenters. The summed E-state index contributed by atoms with van der Waals surface area (Å²) in [6.45, 7) is 3.70. The fraction of sp³-hybridized carbons (Fsp3) is 0.310. The summed E-state index contributed by atoms with van der Waals surface area (Å²) >= 11 is 9.65. The molecule has 0 bridgehead atoms. The molecular weight excluding hydrogens is 618 g/mol. The molecule has 8 nitrogen and oxygen atoms in total. The number of amides is 2. The van der Waals surface area contributed by atoms with Crippen molar-refractivity contribution in [1.82, 2.24) is 10.2 Å². The van der Waals surface area contributed by atoms with E-state index < -0.39 is 28.5 Å². The van der Waals surface area contributed by atoms with Gasteiger partial charge in [0.2, 0.25) is 11.8 Å². The van der Waals surface area contributed by atoms with E-state index in [9.17, 15) is 18.0 Å². The Hall–Kier alpha value is -3.08. The van der Waals surface area contributed by atoms with Crippen molar-refractivity contribution < 1.29 is 22.7 Å². The van der Waals surface area contributed by atoms with Crippen molar-refractivity contribution in [2.45, 2.75) is 44.2 Å². The molecule has 0 aliphatic rings. The van der Waals surface area contributed by atoms with Gasteiger partial charge < -0.3 is 15.0 Å². The first-order chi connectivity index (χ1) is 19.1. The van der Waals surface area contributed by atoms with Gasteiger partial charge in [-0.3, -0.25) is 13.9 Å². The van der Waals surface area contributed by atoms with Crippen molar-refractivity contribution in [2.24, 2.45) is 0 Å². The van der Waals surface area contributed by atoms with E-state index in [1.165, 1.54) is 42.3 Å². The molecule has 0 fully saturated rings. The lowest BCUT2D eigenvalue weighted by atomic mass is 10.1. The minimum Gasteiger partial charge on any atom is -0.497 e. The van der Waals surface area contributed by atoms with Crippen molar-refractivity contribution in [1.29, 1.82) is 0 Å². The van der Waals surface area contributed by atoms with Crippen LogP contribution in [0.15, 0.2) is 82.2 Å². The lowest BCUT2D eigenvalue weighted by Crippen LogP contribution is -2.51. The van der Waals surface area contributed by atoms with Crippen LogP contribution in [-0.4, -0.2) is 51.4 Å². The summed E-state index contributed by atoms with van der Waals surface area (Å²) in [7, 11) is -2.72. The van der Waals surface area contributed by atoms with Gasteiger partial charge in [-0.2, -0.15) is 0 Å². The lowest BCUT2D eigenvalue weighted by Gasteiger charge is -2.32. The van der Waals surface area contributed by atoms with Crippen molar-refractivity contribution in [3.63, 3.8) is 0 Å². The number of carbonyl (C=O) groups excluding carboxylic acids is 2. The number of nitrogens with one attached hydrogen (secondary N) is 1. The summed E-state index contributed by atoms with van der Waals surface area (Å²) in [6.07, 6.45) is 1.72. The largest absolute Gasteiger partial charge is 0.497 e. The molecule has 0 aliphatic heterocycles. The SMILES string of the molecule is CCCCNC(=O)[C@@H](C)N(Cc1cccc(Br)c1)C(=O)CN(c1cccc(Cl)c1)S(=O)(=O)c1ccc(OC)cc1. The normalized spacial score (nSPS) is 11.9. The standard InChI is InChI=1S/C29H33BrClN3O5S/c1-4-5-16-32-29(36)21(2)33(19-22-8-6-9-23(30)17-22)28(35)20-34(25-11-7-10-24(31)18-25)40(37,38)27-14-12-26(39-3)13-15-27/h6-15,17-18,21H,4-5,16,19-20H2,1-3H3,(H,32,36)/t21-/m1/s1. The number of anilines is 1. The van der Waals surface area contributed by atoms with E-state index in [4.69, 9.17) is 16.3 Å². The number of nitrogens with zero attached hydrogens (tertiary/aromatic N) is 2. The van der Waals surface area contributed by atoms with E-state index in [1.54, 1.807) is 25.1 Å². The van der Waals surface area contributed by atoms with E-state index in [1.807, 2.05) is 31.2 Å². The molecule has 0 saturated heterocycles. The highest BCUT2D eigenvalue weighted by atomic mass is 79.9. The second-order valence-electron chi connectivity index (χ2n) is 9.14. The molecule has 3 aromatic rings. The molecule has 1 N–H and O–H groups in total. The Morgan fingerprint density at radius 2 is 1.75 bits per heavy atom. The first-order valence-corrected chi connectivity index (χ1v) is 15.4. The maximum atomic E-state index is 13.9. The second-order valence-corrected chi connectivity index (χ2v) is 12.4. The minimum atomic E-state index is -4.20. The Balaban J connectivity index is 2.00. The molecule has 0 heterocycles. The number of ether oxygens (including phenoxy) is 1. The maximum Gasteiger partial charge on any atom is 0.264 e. The number of unbranched alkanes of at least 4 members (excludes halogenated alkanes) is 1. The Labute approximate surface area is 249 Å². The minimum absolute atomic E-state index is 0.0232. The van der Waals surface area contributed by atoms with E-state index in [2.05, 4.69) is 21.2 Å². The van der Waals surface area contributed by atoms with Gasteiger partial charge in [-0.05, 0) is 73.5 Å². The summed E-state index contributed by atoms with van der Waals surface area (Å²) in [5.74, 6) is -0.369. The number of halogens is 2. The number of benzene rings is 3. The van der Waals surface area contributed by atoms with E-state index in [0.717, 1.165) is 27.2 Å². The second kappa shape index (κ2) is 14.5. The molecule has 11 heteroatoms. The van der Waals surface area contributed by atoms with Gasteiger partial charge >= 0.3 is 0 Å². The third-order valence-electron chi connectivity index (χ3n) is 6.26. The Bertz CT molecular complexity index is 1420. The van der Waals surface area contributed by atoms with Crippen LogP contribution in [-0.2, 0) is 26.2 Å². The summed E-state index contributed by atoms with van der Waals surface area (Å²) in [6, 6.07) is 18.7. The van der Waals surface area contributed by atoms with Gasteiger partial charge in [-0.25, -0.2) is 8.42 Å². The quantitative estimate of drug-likeness (QED) is 0.242. The number of carbonyl (C=O) groups is 2. The maximum absolute atomic E-state index is 13.9. The summed E-state index contributed by atoms with van der Waals surface area (Å²) in [4.78, 5) is 28.3. The highest BCUT2D eigenvalue weighted by molar-refractivity contribution is 9.10. The van der Waals surface area contributed by atoms with Crippen molar-refractivity contribution in [3.05, 3.63) is 87.9 Å². The Kier molecular flexibility index (Phi) is 11.4. The van der Waals surface area contributed by atoms with Gasteiger partial charge in [0.15, 0.2) is 0 Å². The van der Waals surface area contributed by atoms with Crippen LogP contribution < -0.4 is 14.4 Å². The molecule has 0 aromatic heterocycles. The van der Waals surface area contributed by atoms with Crippen molar-refractivity contribution >= 4 is 55.1 Å². The fourth-order valence-electron chi connectivity index (χ4n) is 3.99. The predicted molar refractivity (Wildman–Crippen MR) is 161 cm³/mol. The van der Waals surface area contributed by atoms with Crippen molar-refractivity contribution in [3.8, 4) is 5.75 Å². The molecule has 0 spiro atoms. The number of hydrogen-bond acceptors (Lipinski definition) is 5. The lowest BCUT2D eigenvalue weighted by molar-refractivity contribution is -0.139. The highest BCUT2D eigenvalue weighted by Gasteiger charge is 2.32. The molecule has 0 radical (unpaired) electrons. The molecular formula is C29H33BrClN3O5S. The first kappa shape index (κ1) is 31.4. The van der Waals surface area contributed by atoms with Crippen LogP contribution in [0, 0.1) is 0 Å². The Morgan fingerprint density at radius 3 is 2.38 bits per heavy atom. The van der Waals surface area contributed by atoms with Crippen LogP contribution in [0.3, 0.4) is 0 Å². The topological polar surface area (TPSA) is 96.0 Å². The first-order valence-electron chi connectivity index (χ1n) is 12.8. The van der Waals surface area contributed by atoms with Crippen LogP contribution in [0.5, 0.6) is 5.75 Å². The molecule has 214 valence electrons. The zero-order valence-corrected chi connectivity index (χ0v) is 25.8. The van der Waals surface area contributed by atoms with Crippen LogP contribution in [0.4, 0.5) is 5.69 Å². The van der Waals surface area contributed by atoms with Crippen LogP contribution in [0.25, 0.3) is 0 Å². The molecule has 3 rings (SSSR count). The summed E-state index contributed by atoms with van der Waals surface area (Å²) < 4.78 is 34.7. The predicted octanol–water partition coefficient (Wildman–Crippen LogP) is 5.64. The molecule has 0 unspecified atom stereocenters. The molecule has 3 aromatic carbocycles. The average Bonchev–Trinajstić information content (AvgIpc) is 2.94. The zero-order valence-electron chi connectivity index (χ0n) is 22.6. The zero-order chi connectivity index (χ0) is 29.3. The van der Waals surface area contributed by atoms with Gasteiger partial charge in [0.25, 0.3) is 10.0 Å². The van der Waals surface area contributed by atoms with Gasteiger partial charge in [0.05, 0.1) is 17.7 Å². The third-order valence-corrected chi connectivity index (χ3v) is 8.78. The van der Waals surface area contributed by atoms with Gasteiger partial charge in [-0.1, -0.05) is 59.1 Å². The van der Waals surface area contributed by atoms with Gasteiger partial charge in [0.1, 0.15) is 18.3 Å². The number of rotatable bonds is 13. The molecule has 0 saturated carbocycles. The van der Waals surface area contributed by atoms with Crippen LogP contribution >= 0.6 is 27.5 Å². The average molecular weight is 651 g/mol. The summed E-state index contributed by atoms with van der Waals surface area (Å²) in [5.41, 5.74) is 1.00. The molecule has 40 heavy (non-hydrogen) atoms. The third kappa shape index (κ3) is 8.22. The van der Waals surface area contributed by atoms with Crippen LogP contribution in [0.1, 0.15) is 32.3 Å². The number of methoxy groups -OCH3 is 1. The fourth-order valence-corrected chi connectivity index (χ4v) is 6.02. The van der Waals surface area contributed by atoms with Crippen molar-refractivity contribution in [2.75, 3.05) is 24.5 Å². The van der Waals surface area contributed by atoms with Gasteiger partial charge in [0, 0.05) is 22.6 Å².